The topological polar surface area (TPSA) is 68.6 Å². The standard InChI is InChI=1S/C27H32N4O3/c1-18-7-10-22(11-8-18)31-20(3)27(19(2)29-31)28-26(32)17-30-13-4-6-23(30)21-9-12-24-25(16-21)34-15-5-14-33-24/h7-12,16,23H,4-6,13-15,17H2,1-3H3,(H,28,32)/t23-/m0/s1. The van der Waals surface area contributed by atoms with Crippen molar-refractivity contribution in [3.8, 4) is 17.2 Å². The number of hydrogen-bond donors (Lipinski definition) is 1. The van der Waals surface area contributed by atoms with Gasteiger partial charge in [0.1, 0.15) is 0 Å². The summed E-state index contributed by atoms with van der Waals surface area (Å²) in [5, 5.41) is 7.80. The van der Waals surface area contributed by atoms with Crippen LogP contribution < -0.4 is 14.8 Å². The molecule has 1 saturated heterocycles. The Morgan fingerprint density at radius 1 is 1.03 bits per heavy atom. The first-order chi connectivity index (χ1) is 16.5. The van der Waals surface area contributed by atoms with Gasteiger partial charge in [0, 0.05) is 12.5 Å². The summed E-state index contributed by atoms with van der Waals surface area (Å²) in [6, 6.07) is 14.6. The molecule has 1 atom stereocenters. The van der Waals surface area contributed by atoms with Crippen LogP contribution in [0.2, 0.25) is 0 Å². The van der Waals surface area contributed by atoms with Gasteiger partial charge < -0.3 is 14.8 Å². The van der Waals surface area contributed by atoms with Gasteiger partial charge in [-0.15, -0.1) is 0 Å². The van der Waals surface area contributed by atoms with Crippen molar-refractivity contribution in [2.45, 2.75) is 46.1 Å². The van der Waals surface area contributed by atoms with Gasteiger partial charge in [-0.3, -0.25) is 9.69 Å². The predicted molar refractivity (Wildman–Crippen MR) is 132 cm³/mol. The van der Waals surface area contributed by atoms with Crippen LogP contribution in [0.25, 0.3) is 5.69 Å². The highest BCUT2D eigenvalue weighted by Crippen LogP contribution is 2.37. The minimum atomic E-state index is -0.0177. The molecule has 1 amide bonds. The molecule has 7 heteroatoms. The zero-order chi connectivity index (χ0) is 23.7. The summed E-state index contributed by atoms with van der Waals surface area (Å²) in [6.07, 6.45) is 2.98. The Kier molecular flexibility index (Phi) is 6.28. The minimum Gasteiger partial charge on any atom is -0.490 e. The fourth-order valence-corrected chi connectivity index (χ4v) is 4.90. The first-order valence-electron chi connectivity index (χ1n) is 12.1. The van der Waals surface area contributed by atoms with Gasteiger partial charge in [-0.1, -0.05) is 23.8 Å². The van der Waals surface area contributed by atoms with Crippen LogP contribution in [0.4, 0.5) is 5.69 Å². The molecule has 1 fully saturated rings. The number of carbonyl (C=O) groups is 1. The maximum Gasteiger partial charge on any atom is 0.238 e. The van der Waals surface area contributed by atoms with Crippen LogP contribution in [0.5, 0.6) is 11.5 Å². The van der Waals surface area contributed by atoms with E-state index in [1.54, 1.807) is 0 Å². The highest BCUT2D eigenvalue weighted by molar-refractivity contribution is 5.93. The Labute approximate surface area is 200 Å². The monoisotopic (exact) mass is 460 g/mol. The summed E-state index contributed by atoms with van der Waals surface area (Å²) in [6.45, 7) is 8.58. The maximum atomic E-state index is 13.1. The van der Waals surface area contributed by atoms with Crippen LogP contribution in [0.15, 0.2) is 42.5 Å². The van der Waals surface area contributed by atoms with Crippen LogP contribution >= 0.6 is 0 Å². The number of fused-ring (bicyclic) bond motifs is 1. The fourth-order valence-electron chi connectivity index (χ4n) is 4.90. The molecule has 3 aromatic rings. The third-order valence-electron chi connectivity index (χ3n) is 6.70. The summed E-state index contributed by atoms with van der Waals surface area (Å²) in [5.74, 6) is 1.59. The number of hydrogen-bond acceptors (Lipinski definition) is 5. The van der Waals surface area contributed by atoms with Crippen LogP contribution in [0.3, 0.4) is 0 Å². The zero-order valence-corrected chi connectivity index (χ0v) is 20.1. The van der Waals surface area contributed by atoms with Gasteiger partial charge in [-0.2, -0.15) is 5.10 Å². The van der Waals surface area contributed by atoms with E-state index in [9.17, 15) is 4.79 Å². The second-order valence-corrected chi connectivity index (χ2v) is 9.23. The molecule has 2 aromatic carbocycles. The summed E-state index contributed by atoms with van der Waals surface area (Å²) in [4.78, 5) is 15.3. The SMILES string of the molecule is Cc1ccc(-n2nc(C)c(NC(=O)CN3CCC[C@H]3c3ccc4c(c3)OCCCO4)c2C)cc1. The van der Waals surface area contributed by atoms with Gasteiger partial charge in [-0.05, 0) is 70.0 Å². The Balaban J connectivity index is 1.29. The Morgan fingerprint density at radius 3 is 2.59 bits per heavy atom. The van der Waals surface area contributed by atoms with E-state index in [0.717, 1.165) is 60.1 Å². The number of carbonyl (C=O) groups excluding carboxylic acids is 1. The largest absolute Gasteiger partial charge is 0.490 e. The van der Waals surface area contributed by atoms with Crippen LogP contribution in [-0.4, -0.2) is 46.9 Å². The number of nitrogens with one attached hydrogen (secondary N) is 1. The Hall–Kier alpha value is -3.32. The molecule has 0 bridgehead atoms. The molecular formula is C27H32N4O3. The number of anilines is 1. The second-order valence-electron chi connectivity index (χ2n) is 9.23. The lowest BCUT2D eigenvalue weighted by Crippen LogP contribution is -2.33. The number of ether oxygens (including phenoxy) is 2. The van der Waals surface area contributed by atoms with Crippen molar-refractivity contribution in [1.82, 2.24) is 14.7 Å². The molecule has 7 nitrogen and oxygen atoms in total. The average molecular weight is 461 g/mol. The van der Waals surface area contributed by atoms with Crippen molar-refractivity contribution >= 4 is 11.6 Å². The number of aryl methyl sites for hydroxylation is 2. The van der Waals surface area contributed by atoms with Crippen LogP contribution in [-0.2, 0) is 4.79 Å². The number of aromatic nitrogens is 2. The van der Waals surface area contributed by atoms with Crippen LogP contribution in [0.1, 0.15) is 47.8 Å². The normalized spacial score (nSPS) is 18.0. The Bertz CT molecular complexity index is 1190. The van der Waals surface area contributed by atoms with Gasteiger partial charge in [0.05, 0.1) is 42.5 Å². The quantitative estimate of drug-likeness (QED) is 0.596. The lowest BCUT2D eigenvalue weighted by Gasteiger charge is -2.25. The van der Waals surface area contributed by atoms with E-state index in [1.165, 1.54) is 11.1 Å². The second kappa shape index (κ2) is 9.50. The predicted octanol–water partition coefficient (Wildman–Crippen LogP) is 4.73. The number of likely N-dealkylation sites (tertiary alicyclic amines) is 1. The lowest BCUT2D eigenvalue weighted by molar-refractivity contribution is -0.117. The molecule has 2 aliphatic heterocycles. The van der Waals surface area contributed by atoms with Gasteiger partial charge in [0.25, 0.3) is 0 Å². The molecule has 1 N–H and O–H groups in total. The summed E-state index contributed by atoms with van der Waals surface area (Å²) in [5.41, 5.74) is 5.89. The van der Waals surface area contributed by atoms with Crippen molar-refractivity contribution in [3.63, 3.8) is 0 Å². The number of benzene rings is 2. The molecule has 34 heavy (non-hydrogen) atoms. The summed E-state index contributed by atoms with van der Waals surface area (Å²) >= 11 is 0. The minimum absolute atomic E-state index is 0.0177. The first-order valence-corrected chi connectivity index (χ1v) is 12.1. The molecule has 0 unspecified atom stereocenters. The van der Waals surface area contributed by atoms with Gasteiger partial charge in [-0.25, -0.2) is 4.68 Å². The highest BCUT2D eigenvalue weighted by atomic mass is 16.5. The van der Waals surface area contributed by atoms with Crippen molar-refractivity contribution in [3.05, 3.63) is 65.0 Å². The van der Waals surface area contributed by atoms with Crippen LogP contribution in [0, 0.1) is 20.8 Å². The Morgan fingerprint density at radius 2 is 1.79 bits per heavy atom. The molecule has 1 aromatic heterocycles. The molecule has 3 heterocycles. The zero-order valence-electron chi connectivity index (χ0n) is 20.1. The fraction of sp³-hybridized carbons (Fsp3) is 0.407. The third-order valence-corrected chi connectivity index (χ3v) is 6.70. The number of nitrogens with zero attached hydrogens (tertiary/aromatic N) is 3. The maximum absolute atomic E-state index is 13.1. The molecule has 0 spiro atoms. The van der Waals surface area contributed by atoms with E-state index in [4.69, 9.17) is 9.47 Å². The molecular weight excluding hydrogens is 428 g/mol. The number of rotatable bonds is 5. The van der Waals surface area contributed by atoms with E-state index in [1.807, 2.05) is 36.7 Å². The molecule has 0 aliphatic carbocycles. The number of amides is 1. The van der Waals surface area contributed by atoms with Crippen molar-refractivity contribution in [2.24, 2.45) is 0 Å². The van der Waals surface area contributed by atoms with Crippen molar-refractivity contribution in [1.29, 1.82) is 0 Å². The average Bonchev–Trinajstić information content (AvgIpc) is 3.29. The van der Waals surface area contributed by atoms with Gasteiger partial charge in [0.15, 0.2) is 11.5 Å². The van der Waals surface area contributed by atoms with Gasteiger partial charge >= 0.3 is 0 Å². The van der Waals surface area contributed by atoms with E-state index in [0.29, 0.717) is 19.8 Å². The molecule has 0 radical (unpaired) electrons. The molecule has 178 valence electrons. The molecule has 0 saturated carbocycles. The van der Waals surface area contributed by atoms with E-state index >= 15 is 0 Å². The van der Waals surface area contributed by atoms with Crippen molar-refractivity contribution < 1.29 is 14.3 Å². The summed E-state index contributed by atoms with van der Waals surface area (Å²) < 4.78 is 13.5. The first kappa shape index (κ1) is 22.5. The van der Waals surface area contributed by atoms with E-state index in [2.05, 4.69) is 46.5 Å². The van der Waals surface area contributed by atoms with Crippen molar-refractivity contribution in [2.75, 3.05) is 31.6 Å². The highest BCUT2D eigenvalue weighted by Gasteiger charge is 2.29. The summed E-state index contributed by atoms with van der Waals surface area (Å²) in [7, 11) is 0. The third kappa shape index (κ3) is 4.53. The lowest BCUT2D eigenvalue weighted by atomic mass is 10.0. The molecule has 2 aliphatic rings. The smallest absolute Gasteiger partial charge is 0.238 e. The van der Waals surface area contributed by atoms with E-state index in [-0.39, 0.29) is 11.9 Å². The van der Waals surface area contributed by atoms with E-state index < -0.39 is 0 Å². The molecule has 5 rings (SSSR count). The van der Waals surface area contributed by atoms with Gasteiger partial charge in [0.2, 0.25) is 5.91 Å².